The molecule has 0 unspecified atom stereocenters. The molecule has 0 aliphatic rings. The van der Waals surface area contributed by atoms with Crippen LogP contribution in [0.1, 0.15) is 51.4 Å². The first-order chi connectivity index (χ1) is 15.8. The molecular formula is C24H32N6O2. The topological polar surface area (TPSA) is 116 Å². The monoisotopic (exact) mass is 436 g/mol. The Labute approximate surface area is 189 Å². The van der Waals surface area contributed by atoms with Gasteiger partial charge in [-0.25, -0.2) is 0 Å². The van der Waals surface area contributed by atoms with E-state index in [0.29, 0.717) is 26.3 Å². The SMILES string of the molecule is [N-]=[N+]=NCCCCCCOc1ccc(-c2ccc(OCCCCCCN=[N+]=[N-])cc2)cc1. The Bertz CT molecular complexity index is 784. The Morgan fingerprint density at radius 3 is 1.28 bits per heavy atom. The molecule has 0 radical (unpaired) electrons. The van der Waals surface area contributed by atoms with Crippen molar-refractivity contribution in [2.45, 2.75) is 51.4 Å². The van der Waals surface area contributed by atoms with E-state index in [-0.39, 0.29) is 0 Å². The Balaban J connectivity index is 1.64. The van der Waals surface area contributed by atoms with Crippen LogP contribution in [0.5, 0.6) is 11.5 Å². The Hall–Kier alpha value is -3.34. The highest BCUT2D eigenvalue weighted by atomic mass is 16.5. The number of hydrogen-bond donors (Lipinski definition) is 0. The molecule has 2 rings (SSSR count). The van der Waals surface area contributed by atoms with Gasteiger partial charge in [-0.05, 0) is 72.1 Å². The van der Waals surface area contributed by atoms with Gasteiger partial charge >= 0.3 is 0 Å². The zero-order chi connectivity index (χ0) is 22.7. The van der Waals surface area contributed by atoms with Crippen molar-refractivity contribution in [3.8, 4) is 22.6 Å². The van der Waals surface area contributed by atoms with E-state index in [1.54, 1.807) is 0 Å². The van der Waals surface area contributed by atoms with E-state index >= 15 is 0 Å². The lowest BCUT2D eigenvalue weighted by Crippen LogP contribution is -1.98. The summed E-state index contributed by atoms with van der Waals surface area (Å²) < 4.78 is 11.6. The zero-order valence-corrected chi connectivity index (χ0v) is 18.6. The smallest absolute Gasteiger partial charge is 0.119 e. The number of azide groups is 2. The number of nitrogens with zero attached hydrogens (tertiary/aromatic N) is 6. The van der Waals surface area contributed by atoms with E-state index in [1.165, 1.54) is 0 Å². The van der Waals surface area contributed by atoms with E-state index in [9.17, 15) is 0 Å². The van der Waals surface area contributed by atoms with Crippen LogP contribution >= 0.6 is 0 Å². The minimum absolute atomic E-state index is 0.577. The van der Waals surface area contributed by atoms with Gasteiger partial charge in [0.15, 0.2) is 0 Å². The van der Waals surface area contributed by atoms with Crippen molar-refractivity contribution in [2.24, 2.45) is 10.2 Å². The first kappa shape index (κ1) is 24.9. The predicted octanol–water partition coefficient (Wildman–Crippen LogP) is 7.85. The molecule has 2 aromatic carbocycles. The number of rotatable bonds is 17. The molecule has 8 heteroatoms. The van der Waals surface area contributed by atoms with Crippen LogP contribution in [0.25, 0.3) is 32.0 Å². The van der Waals surface area contributed by atoms with Crippen LogP contribution in [0.15, 0.2) is 58.8 Å². The van der Waals surface area contributed by atoms with Gasteiger partial charge in [0.1, 0.15) is 11.5 Å². The van der Waals surface area contributed by atoms with Crippen molar-refractivity contribution in [1.82, 2.24) is 0 Å². The molecule has 0 heterocycles. The summed E-state index contributed by atoms with van der Waals surface area (Å²) in [6.45, 7) is 2.54. The zero-order valence-electron chi connectivity index (χ0n) is 18.6. The second-order valence-corrected chi connectivity index (χ2v) is 7.48. The van der Waals surface area contributed by atoms with E-state index in [4.69, 9.17) is 20.5 Å². The van der Waals surface area contributed by atoms with Gasteiger partial charge in [-0.3, -0.25) is 0 Å². The fourth-order valence-electron chi connectivity index (χ4n) is 3.23. The van der Waals surface area contributed by atoms with Gasteiger partial charge in [0.05, 0.1) is 13.2 Å². The standard InChI is InChI=1S/C24H32N6O2/c25-29-27-17-5-1-3-7-19-31-23-13-9-21(10-14-23)22-11-15-24(16-12-22)32-20-8-4-2-6-18-28-30-26/h9-16H,1-8,17-20H2. The molecule has 170 valence electrons. The van der Waals surface area contributed by atoms with Gasteiger partial charge in [0, 0.05) is 22.9 Å². The lowest BCUT2D eigenvalue weighted by molar-refractivity contribution is 0.304. The predicted molar refractivity (Wildman–Crippen MR) is 128 cm³/mol. The maximum Gasteiger partial charge on any atom is 0.119 e. The molecule has 0 saturated heterocycles. The highest BCUT2D eigenvalue weighted by Gasteiger charge is 2.01. The third kappa shape index (κ3) is 10.6. The van der Waals surface area contributed by atoms with Gasteiger partial charge in [0.2, 0.25) is 0 Å². The van der Waals surface area contributed by atoms with Crippen LogP contribution in [-0.4, -0.2) is 26.3 Å². The summed E-state index contributed by atoms with van der Waals surface area (Å²) in [4.78, 5) is 5.51. The van der Waals surface area contributed by atoms with Gasteiger partial charge in [0.25, 0.3) is 0 Å². The average Bonchev–Trinajstić information content (AvgIpc) is 2.83. The van der Waals surface area contributed by atoms with E-state index in [1.807, 2.05) is 24.3 Å². The molecule has 2 aromatic rings. The van der Waals surface area contributed by atoms with Crippen molar-refractivity contribution < 1.29 is 9.47 Å². The molecule has 8 nitrogen and oxygen atoms in total. The molecule has 0 amide bonds. The largest absolute Gasteiger partial charge is 0.494 e. The van der Waals surface area contributed by atoms with Crippen LogP contribution < -0.4 is 9.47 Å². The van der Waals surface area contributed by atoms with Crippen LogP contribution in [0.2, 0.25) is 0 Å². The van der Waals surface area contributed by atoms with Crippen molar-refractivity contribution in [2.75, 3.05) is 26.3 Å². The molecule has 0 fully saturated rings. The minimum Gasteiger partial charge on any atom is -0.494 e. The third-order valence-corrected chi connectivity index (χ3v) is 5.01. The number of benzene rings is 2. The summed E-state index contributed by atoms with van der Waals surface area (Å²) in [5.41, 5.74) is 18.8. The molecule has 0 saturated carbocycles. The summed E-state index contributed by atoms with van der Waals surface area (Å²) in [7, 11) is 0. The third-order valence-electron chi connectivity index (χ3n) is 5.01. The second-order valence-electron chi connectivity index (χ2n) is 7.48. The van der Waals surface area contributed by atoms with Crippen molar-refractivity contribution in [3.05, 3.63) is 69.4 Å². The van der Waals surface area contributed by atoms with Crippen molar-refractivity contribution >= 4 is 0 Å². The van der Waals surface area contributed by atoms with Crippen LogP contribution in [0.4, 0.5) is 0 Å². The molecule has 0 aliphatic heterocycles. The molecule has 0 spiro atoms. The molecule has 0 aliphatic carbocycles. The van der Waals surface area contributed by atoms with Crippen molar-refractivity contribution in [1.29, 1.82) is 0 Å². The molecule has 0 aromatic heterocycles. The summed E-state index contributed by atoms with van der Waals surface area (Å²) in [5, 5.41) is 7.07. The quantitative estimate of drug-likeness (QED) is 0.109. The molecule has 32 heavy (non-hydrogen) atoms. The summed E-state index contributed by atoms with van der Waals surface area (Å²) in [6, 6.07) is 16.3. The molecule has 0 bridgehead atoms. The summed E-state index contributed by atoms with van der Waals surface area (Å²) in [5.74, 6) is 1.75. The summed E-state index contributed by atoms with van der Waals surface area (Å²) in [6.07, 6.45) is 8.12. The lowest BCUT2D eigenvalue weighted by atomic mass is 10.1. The van der Waals surface area contributed by atoms with E-state index < -0.39 is 0 Å². The maximum atomic E-state index is 8.23. The van der Waals surface area contributed by atoms with Gasteiger partial charge in [-0.2, -0.15) is 0 Å². The molecular weight excluding hydrogens is 404 g/mol. The Kier molecular flexibility index (Phi) is 12.7. The first-order valence-electron chi connectivity index (χ1n) is 11.3. The van der Waals surface area contributed by atoms with E-state index in [2.05, 4.69) is 44.3 Å². The maximum absolute atomic E-state index is 8.23. The first-order valence-corrected chi connectivity index (χ1v) is 11.3. The molecule has 0 atom stereocenters. The second kappa shape index (κ2) is 16.4. The minimum atomic E-state index is 0.577. The normalized spacial score (nSPS) is 10.1. The fourth-order valence-corrected chi connectivity index (χ4v) is 3.23. The van der Waals surface area contributed by atoms with E-state index in [0.717, 1.165) is 74.0 Å². The van der Waals surface area contributed by atoms with Crippen LogP contribution in [0, 0.1) is 0 Å². The average molecular weight is 437 g/mol. The van der Waals surface area contributed by atoms with Crippen molar-refractivity contribution in [3.63, 3.8) is 0 Å². The Morgan fingerprint density at radius 1 is 0.531 bits per heavy atom. The number of unbranched alkanes of at least 4 members (excludes halogenated alkanes) is 6. The van der Waals surface area contributed by atoms with Gasteiger partial charge < -0.3 is 9.47 Å². The number of ether oxygens (including phenoxy) is 2. The van der Waals surface area contributed by atoms with Gasteiger partial charge in [-0.1, -0.05) is 60.2 Å². The lowest BCUT2D eigenvalue weighted by Gasteiger charge is -2.09. The molecule has 0 N–H and O–H groups in total. The van der Waals surface area contributed by atoms with Crippen LogP contribution in [-0.2, 0) is 0 Å². The fraction of sp³-hybridized carbons (Fsp3) is 0.500. The number of hydrogen-bond acceptors (Lipinski definition) is 4. The highest BCUT2D eigenvalue weighted by molar-refractivity contribution is 5.64. The Morgan fingerprint density at radius 2 is 0.906 bits per heavy atom. The van der Waals surface area contributed by atoms with Crippen LogP contribution in [0.3, 0.4) is 0 Å². The highest BCUT2D eigenvalue weighted by Crippen LogP contribution is 2.25. The van der Waals surface area contributed by atoms with Gasteiger partial charge in [-0.15, -0.1) is 0 Å². The summed E-state index contributed by atoms with van der Waals surface area (Å²) >= 11 is 0.